The number of benzene rings is 2. The minimum Gasteiger partial charge on any atom is -0.334 e. The van der Waals surface area contributed by atoms with Crippen LogP contribution in [0.1, 0.15) is 11.1 Å². The molecule has 0 saturated carbocycles. The molecule has 0 bridgehead atoms. The molecule has 7 nitrogen and oxygen atoms in total. The van der Waals surface area contributed by atoms with Crippen molar-refractivity contribution < 1.29 is 12.9 Å². The lowest BCUT2D eigenvalue weighted by atomic mass is 10.0. The second-order valence-electron chi connectivity index (χ2n) is 7.82. The maximum absolute atomic E-state index is 13.3. The summed E-state index contributed by atoms with van der Waals surface area (Å²) in [6.07, 6.45) is 2.42. The Hall–Kier alpha value is -3.40. The summed E-state index contributed by atoms with van der Waals surface area (Å²) in [5.74, 6) is 0.631. The van der Waals surface area contributed by atoms with Crippen LogP contribution in [0.15, 0.2) is 81.0 Å². The van der Waals surface area contributed by atoms with E-state index in [0.29, 0.717) is 36.6 Å². The number of fused-ring (bicyclic) bond motifs is 2. The Kier molecular flexibility index (Phi) is 4.83. The Labute approximate surface area is 194 Å². The average molecular weight is 475 g/mol. The highest BCUT2D eigenvalue weighted by Gasteiger charge is 2.30. The van der Waals surface area contributed by atoms with Crippen molar-refractivity contribution in [3.8, 4) is 23.0 Å². The summed E-state index contributed by atoms with van der Waals surface area (Å²) in [6, 6.07) is 19.3. The van der Waals surface area contributed by atoms with E-state index >= 15 is 0 Å². The molecule has 1 aliphatic rings. The highest BCUT2D eigenvalue weighted by Crippen LogP contribution is 2.33. The molecule has 3 aromatic heterocycles. The average Bonchev–Trinajstić information content (AvgIpc) is 3.54. The normalized spacial score (nSPS) is 14.4. The third kappa shape index (κ3) is 3.54. The van der Waals surface area contributed by atoms with Crippen molar-refractivity contribution in [1.82, 2.24) is 19.4 Å². The Morgan fingerprint density at radius 1 is 1.00 bits per heavy atom. The van der Waals surface area contributed by atoms with Crippen LogP contribution in [-0.2, 0) is 23.0 Å². The molecule has 0 radical (unpaired) electrons. The lowest BCUT2D eigenvalue weighted by Crippen LogP contribution is -2.35. The van der Waals surface area contributed by atoms with Gasteiger partial charge in [-0.15, -0.1) is 11.3 Å². The summed E-state index contributed by atoms with van der Waals surface area (Å²) < 4.78 is 33.8. The van der Waals surface area contributed by atoms with E-state index in [1.807, 2.05) is 48.5 Å². The summed E-state index contributed by atoms with van der Waals surface area (Å²) >= 11 is 1.16. The lowest BCUT2D eigenvalue weighted by molar-refractivity contribution is 0.392. The van der Waals surface area contributed by atoms with Crippen LogP contribution >= 0.6 is 11.3 Å². The van der Waals surface area contributed by atoms with Gasteiger partial charge in [-0.05, 0) is 35.1 Å². The van der Waals surface area contributed by atoms with Gasteiger partial charge in [0.15, 0.2) is 0 Å². The molecule has 6 rings (SSSR count). The molecule has 5 aromatic rings. The predicted molar refractivity (Wildman–Crippen MR) is 126 cm³/mol. The first-order chi connectivity index (χ1) is 16.1. The van der Waals surface area contributed by atoms with Crippen LogP contribution in [0.3, 0.4) is 0 Å². The topological polar surface area (TPSA) is 89.2 Å². The molecule has 4 heterocycles. The number of aromatic nitrogens is 3. The summed E-state index contributed by atoms with van der Waals surface area (Å²) in [7, 11) is -3.62. The molecule has 164 valence electrons. The van der Waals surface area contributed by atoms with Crippen molar-refractivity contribution >= 4 is 32.1 Å². The SMILES string of the molecule is O=S(=O)(c1cc(-c2nc(-c3nccc4ccccc34)no2)cs1)N1CCc2ccccc2C1. The summed E-state index contributed by atoms with van der Waals surface area (Å²) in [5.41, 5.74) is 3.46. The van der Waals surface area contributed by atoms with E-state index in [-0.39, 0.29) is 10.1 Å². The van der Waals surface area contributed by atoms with E-state index < -0.39 is 10.0 Å². The summed E-state index contributed by atoms with van der Waals surface area (Å²) in [4.78, 5) is 8.92. The van der Waals surface area contributed by atoms with E-state index in [2.05, 4.69) is 21.2 Å². The molecule has 0 amide bonds. The first kappa shape index (κ1) is 20.2. The molecular weight excluding hydrogens is 456 g/mol. The zero-order chi connectivity index (χ0) is 22.4. The minimum atomic E-state index is -3.62. The Balaban J connectivity index is 1.30. The van der Waals surface area contributed by atoms with Gasteiger partial charge in [0.2, 0.25) is 5.82 Å². The number of rotatable bonds is 4. The number of pyridine rings is 1. The van der Waals surface area contributed by atoms with Crippen LogP contribution in [0.2, 0.25) is 0 Å². The van der Waals surface area contributed by atoms with Crippen LogP contribution in [0, 0.1) is 0 Å². The van der Waals surface area contributed by atoms with E-state index in [1.165, 1.54) is 9.87 Å². The van der Waals surface area contributed by atoms with Crippen LogP contribution in [-0.4, -0.2) is 34.4 Å². The largest absolute Gasteiger partial charge is 0.334 e. The summed E-state index contributed by atoms with van der Waals surface area (Å²) in [5, 5.41) is 7.78. The zero-order valence-electron chi connectivity index (χ0n) is 17.4. The van der Waals surface area contributed by atoms with Crippen molar-refractivity contribution in [2.24, 2.45) is 0 Å². The molecule has 0 saturated heterocycles. The highest BCUT2D eigenvalue weighted by molar-refractivity contribution is 7.91. The van der Waals surface area contributed by atoms with Crippen LogP contribution in [0.5, 0.6) is 0 Å². The molecule has 0 fully saturated rings. The molecule has 0 spiro atoms. The zero-order valence-corrected chi connectivity index (χ0v) is 19.0. The Morgan fingerprint density at radius 2 is 1.82 bits per heavy atom. The van der Waals surface area contributed by atoms with Crippen molar-refractivity contribution in [3.05, 3.63) is 83.4 Å². The highest BCUT2D eigenvalue weighted by atomic mass is 32.2. The Morgan fingerprint density at radius 3 is 2.73 bits per heavy atom. The number of hydrogen-bond donors (Lipinski definition) is 0. The van der Waals surface area contributed by atoms with Crippen LogP contribution < -0.4 is 0 Å². The van der Waals surface area contributed by atoms with Crippen molar-refractivity contribution in [2.45, 2.75) is 17.2 Å². The second-order valence-corrected chi connectivity index (χ2v) is 10.9. The molecule has 2 aromatic carbocycles. The molecule has 9 heteroatoms. The van der Waals surface area contributed by atoms with E-state index in [1.54, 1.807) is 17.6 Å². The van der Waals surface area contributed by atoms with E-state index in [9.17, 15) is 8.42 Å². The maximum atomic E-state index is 13.3. The monoisotopic (exact) mass is 474 g/mol. The first-order valence-electron chi connectivity index (χ1n) is 10.4. The predicted octanol–water partition coefficient (Wildman–Crippen LogP) is 4.76. The minimum absolute atomic E-state index is 0.264. The molecule has 0 atom stereocenters. The van der Waals surface area contributed by atoms with Crippen molar-refractivity contribution in [3.63, 3.8) is 0 Å². The van der Waals surface area contributed by atoms with Gasteiger partial charge >= 0.3 is 0 Å². The number of thiophene rings is 1. The van der Waals surface area contributed by atoms with Gasteiger partial charge in [-0.3, -0.25) is 4.98 Å². The third-order valence-corrected chi connectivity index (χ3v) is 9.08. The van der Waals surface area contributed by atoms with Gasteiger partial charge in [-0.1, -0.05) is 53.7 Å². The van der Waals surface area contributed by atoms with Crippen molar-refractivity contribution in [2.75, 3.05) is 6.54 Å². The van der Waals surface area contributed by atoms with Gasteiger partial charge in [-0.25, -0.2) is 8.42 Å². The molecule has 0 aliphatic carbocycles. The van der Waals surface area contributed by atoms with Gasteiger partial charge in [0.05, 0.1) is 5.56 Å². The van der Waals surface area contributed by atoms with Gasteiger partial charge in [-0.2, -0.15) is 9.29 Å². The standard InChI is InChI=1S/C24H18N4O3S2/c29-33(30,28-12-10-16-5-1-2-7-18(16)14-28)21-13-19(15-32-21)24-26-23(27-31-24)22-20-8-4-3-6-17(20)9-11-25-22/h1-9,11,13,15H,10,12,14H2. The first-order valence-corrected chi connectivity index (χ1v) is 12.8. The van der Waals surface area contributed by atoms with Gasteiger partial charge in [0.1, 0.15) is 9.90 Å². The van der Waals surface area contributed by atoms with Gasteiger partial charge in [0, 0.05) is 30.1 Å². The second kappa shape index (κ2) is 7.87. The third-order valence-electron chi connectivity index (χ3n) is 5.82. The Bertz CT molecular complexity index is 1580. The van der Waals surface area contributed by atoms with Crippen LogP contribution in [0.25, 0.3) is 33.7 Å². The van der Waals surface area contributed by atoms with E-state index in [0.717, 1.165) is 27.7 Å². The van der Waals surface area contributed by atoms with Crippen molar-refractivity contribution in [1.29, 1.82) is 0 Å². The molecule has 1 aliphatic heterocycles. The fourth-order valence-corrected chi connectivity index (χ4v) is 6.83. The molecule has 33 heavy (non-hydrogen) atoms. The fraction of sp³-hybridized carbons (Fsp3) is 0.125. The molecule has 0 unspecified atom stereocenters. The van der Waals surface area contributed by atoms with Gasteiger partial charge in [0.25, 0.3) is 15.9 Å². The maximum Gasteiger partial charge on any atom is 0.259 e. The van der Waals surface area contributed by atoms with E-state index in [4.69, 9.17) is 4.52 Å². The smallest absolute Gasteiger partial charge is 0.259 e. The quantitative estimate of drug-likeness (QED) is 0.373. The fourth-order valence-electron chi connectivity index (χ4n) is 4.10. The number of sulfonamides is 1. The van der Waals surface area contributed by atoms with Crippen LogP contribution in [0.4, 0.5) is 0 Å². The summed E-state index contributed by atoms with van der Waals surface area (Å²) in [6.45, 7) is 0.841. The van der Waals surface area contributed by atoms with Gasteiger partial charge < -0.3 is 4.52 Å². The molecule has 0 N–H and O–H groups in total. The lowest BCUT2D eigenvalue weighted by Gasteiger charge is -2.27. The number of nitrogens with zero attached hydrogens (tertiary/aromatic N) is 4. The number of hydrogen-bond acceptors (Lipinski definition) is 7. The molecular formula is C24H18N4O3S2.